The number of ketones is 2. The van der Waals surface area contributed by atoms with Crippen LogP contribution in [0.4, 0.5) is 0 Å². The third-order valence-electron chi connectivity index (χ3n) is 4.31. The number of hydrogen-bond donors (Lipinski definition) is 1. The molecule has 0 bridgehead atoms. The van der Waals surface area contributed by atoms with Crippen molar-refractivity contribution in [3.8, 4) is 5.88 Å². The van der Waals surface area contributed by atoms with E-state index < -0.39 is 24.1 Å². The number of Topliss-reactive ketones (excluding diaryl/α,β-unsaturated/α-hetero) is 2. The summed E-state index contributed by atoms with van der Waals surface area (Å²) in [5, 5.41) is 9.18. The summed E-state index contributed by atoms with van der Waals surface area (Å²) in [6.07, 6.45) is 1.72. The van der Waals surface area contributed by atoms with E-state index >= 15 is 0 Å². The molecule has 0 radical (unpaired) electrons. The standard InChI is InChI=1S/C20H19N3O5/c1-3-14-16(18(27)12(2)24)17-19(21-11-22-20(17)28-10-15(25)26)23(14)9-13-7-5-4-6-8-13/h4-8,11H,3,9-10H2,1-2H3,(H,25,26). The second kappa shape index (κ2) is 7.99. The third kappa shape index (κ3) is 3.62. The molecule has 0 saturated carbocycles. The Morgan fingerprint density at radius 3 is 2.46 bits per heavy atom. The Balaban J connectivity index is 2.27. The fourth-order valence-electron chi connectivity index (χ4n) is 3.16. The van der Waals surface area contributed by atoms with Gasteiger partial charge in [0.1, 0.15) is 12.0 Å². The number of hydrogen-bond acceptors (Lipinski definition) is 6. The molecule has 3 rings (SSSR count). The van der Waals surface area contributed by atoms with E-state index in [1.54, 1.807) is 0 Å². The van der Waals surface area contributed by atoms with Gasteiger partial charge in [0, 0.05) is 19.2 Å². The minimum absolute atomic E-state index is 0.0292. The second-order valence-electron chi connectivity index (χ2n) is 6.19. The first-order chi connectivity index (χ1) is 13.4. The Bertz CT molecular complexity index is 1060. The molecule has 3 aromatic rings. The quantitative estimate of drug-likeness (QED) is 0.470. The average Bonchev–Trinajstić information content (AvgIpc) is 3.00. The molecule has 0 spiro atoms. The van der Waals surface area contributed by atoms with Crippen LogP contribution in [0.2, 0.25) is 0 Å². The first kappa shape index (κ1) is 19.2. The highest BCUT2D eigenvalue weighted by Gasteiger charge is 2.28. The zero-order chi connectivity index (χ0) is 20.3. The van der Waals surface area contributed by atoms with Gasteiger partial charge >= 0.3 is 5.97 Å². The van der Waals surface area contributed by atoms with Gasteiger partial charge in [0.15, 0.2) is 12.4 Å². The summed E-state index contributed by atoms with van der Waals surface area (Å²) in [7, 11) is 0. The molecule has 28 heavy (non-hydrogen) atoms. The number of fused-ring (bicyclic) bond motifs is 1. The van der Waals surface area contributed by atoms with Crippen LogP contribution in [0.3, 0.4) is 0 Å². The summed E-state index contributed by atoms with van der Waals surface area (Å²) >= 11 is 0. The molecule has 8 nitrogen and oxygen atoms in total. The summed E-state index contributed by atoms with van der Waals surface area (Å²) in [5.74, 6) is -2.51. The summed E-state index contributed by atoms with van der Waals surface area (Å²) < 4.78 is 7.13. The number of carboxylic acids is 1. The topological polar surface area (TPSA) is 111 Å². The lowest BCUT2D eigenvalue weighted by atomic mass is 10.0. The van der Waals surface area contributed by atoms with Crippen LogP contribution in [0.5, 0.6) is 5.88 Å². The maximum Gasteiger partial charge on any atom is 0.341 e. The Morgan fingerprint density at radius 1 is 1.14 bits per heavy atom. The highest BCUT2D eigenvalue weighted by atomic mass is 16.5. The average molecular weight is 381 g/mol. The lowest BCUT2D eigenvalue weighted by molar-refractivity contribution is -0.139. The summed E-state index contributed by atoms with van der Waals surface area (Å²) in [6, 6.07) is 9.61. The van der Waals surface area contributed by atoms with Gasteiger partial charge in [-0.1, -0.05) is 37.3 Å². The number of ether oxygens (including phenoxy) is 1. The van der Waals surface area contributed by atoms with Crippen molar-refractivity contribution in [2.75, 3.05) is 6.61 Å². The van der Waals surface area contributed by atoms with E-state index in [4.69, 9.17) is 9.84 Å². The summed E-state index contributed by atoms with van der Waals surface area (Å²) in [4.78, 5) is 43.8. The van der Waals surface area contributed by atoms with E-state index in [0.29, 0.717) is 24.3 Å². The molecular formula is C20H19N3O5. The molecule has 0 aliphatic heterocycles. The third-order valence-corrected chi connectivity index (χ3v) is 4.31. The monoisotopic (exact) mass is 381 g/mol. The lowest BCUT2D eigenvalue weighted by Crippen LogP contribution is -2.14. The van der Waals surface area contributed by atoms with Gasteiger partial charge in [0.2, 0.25) is 11.7 Å². The first-order valence-electron chi connectivity index (χ1n) is 8.73. The molecule has 0 saturated heterocycles. The molecule has 8 heteroatoms. The van der Waals surface area contributed by atoms with Gasteiger partial charge < -0.3 is 14.4 Å². The molecule has 2 heterocycles. The zero-order valence-electron chi connectivity index (χ0n) is 15.5. The molecule has 0 atom stereocenters. The Hall–Kier alpha value is -3.55. The van der Waals surface area contributed by atoms with Crippen LogP contribution in [0.25, 0.3) is 11.0 Å². The van der Waals surface area contributed by atoms with Gasteiger partial charge in [0.05, 0.1) is 10.9 Å². The van der Waals surface area contributed by atoms with E-state index in [9.17, 15) is 14.4 Å². The van der Waals surface area contributed by atoms with Crippen molar-refractivity contribution < 1.29 is 24.2 Å². The minimum Gasteiger partial charge on any atom is -0.479 e. The zero-order valence-corrected chi connectivity index (χ0v) is 15.5. The molecule has 144 valence electrons. The van der Waals surface area contributed by atoms with Crippen molar-refractivity contribution in [3.05, 3.63) is 53.5 Å². The molecule has 1 aromatic carbocycles. The van der Waals surface area contributed by atoms with Crippen LogP contribution in [-0.4, -0.2) is 43.8 Å². The Kier molecular flexibility index (Phi) is 5.49. The van der Waals surface area contributed by atoms with Crippen LogP contribution in [0.15, 0.2) is 36.7 Å². The van der Waals surface area contributed by atoms with Crippen molar-refractivity contribution >= 4 is 28.6 Å². The Labute approximate surface area is 160 Å². The fourth-order valence-corrected chi connectivity index (χ4v) is 3.16. The van der Waals surface area contributed by atoms with Gasteiger partial charge in [-0.05, 0) is 12.0 Å². The van der Waals surface area contributed by atoms with Crippen molar-refractivity contribution in [1.82, 2.24) is 14.5 Å². The molecule has 0 fully saturated rings. The van der Waals surface area contributed by atoms with Gasteiger partial charge in [-0.2, -0.15) is 0 Å². The van der Waals surface area contributed by atoms with Gasteiger partial charge in [-0.25, -0.2) is 14.8 Å². The lowest BCUT2D eigenvalue weighted by Gasteiger charge is -2.10. The fraction of sp³-hybridized carbons (Fsp3) is 0.250. The van der Waals surface area contributed by atoms with Crippen LogP contribution in [0, 0.1) is 0 Å². The van der Waals surface area contributed by atoms with Crippen LogP contribution in [-0.2, 0) is 22.6 Å². The minimum atomic E-state index is -1.18. The molecule has 0 amide bonds. The number of aliphatic carboxylic acids is 1. The molecular weight excluding hydrogens is 362 g/mol. The van der Waals surface area contributed by atoms with Gasteiger partial charge in [-0.3, -0.25) is 9.59 Å². The maximum atomic E-state index is 12.7. The van der Waals surface area contributed by atoms with Crippen molar-refractivity contribution in [2.24, 2.45) is 0 Å². The molecule has 0 aliphatic carbocycles. The van der Waals surface area contributed by atoms with E-state index in [1.807, 2.05) is 41.8 Å². The summed E-state index contributed by atoms with van der Waals surface area (Å²) in [5.41, 5.74) is 2.20. The largest absolute Gasteiger partial charge is 0.479 e. The maximum absolute atomic E-state index is 12.7. The highest BCUT2D eigenvalue weighted by molar-refractivity contribution is 6.45. The highest BCUT2D eigenvalue weighted by Crippen LogP contribution is 2.32. The number of benzene rings is 1. The number of carboxylic acid groups (broad SMARTS) is 1. The number of aromatic nitrogens is 3. The molecule has 2 aromatic heterocycles. The predicted molar refractivity (Wildman–Crippen MR) is 101 cm³/mol. The van der Waals surface area contributed by atoms with Crippen molar-refractivity contribution in [1.29, 1.82) is 0 Å². The number of carbonyl (C=O) groups excluding carboxylic acids is 2. The smallest absolute Gasteiger partial charge is 0.341 e. The second-order valence-corrected chi connectivity index (χ2v) is 6.19. The van der Waals surface area contributed by atoms with Crippen LogP contribution in [0.1, 0.15) is 35.5 Å². The van der Waals surface area contributed by atoms with Gasteiger partial charge in [0.25, 0.3) is 0 Å². The van der Waals surface area contributed by atoms with E-state index in [2.05, 4.69) is 9.97 Å². The SMILES string of the molecule is CCc1c(C(=O)C(C)=O)c2c(OCC(=O)O)ncnc2n1Cc1ccccc1. The number of nitrogens with zero attached hydrogens (tertiary/aromatic N) is 3. The normalized spacial score (nSPS) is 10.8. The predicted octanol–water partition coefficient (Wildman–Crippen LogP) is 2.28. The van der Waals surface area contributed by atoms with E-state index in [0.717, 1.165) is 5.56 Å². The molecule has 1 N–H and O–H groups in total. The Morgan fingerprint density at radius 2 is 1.86 bits per heavy atom. The molecule has 0 aliphatic rings. The van der Waals surface area contributed by atoms with Gasteiger partial charge in [-0.15, -0.1) is 0 Å². The van der Waals surface area contributed by atoms with Crippen LogP contribution >= 0.6 is 0 Å². The molecule has 0 unspecified atom stereocenters. The number of carbonyl (C=O) groups is 3. The summed E-state index contributed by atoms with van der Waals surface area (Å²) in [6.45, 7) is 2.88. The van der Waals surface area contributed by atoms with Crippen molar-refractivity contribution in [3.63, 3.8) is 0 Å². The number of rotatable bonds is 8. The van der Waals surface area contributed by atoms with Crippen molar-refractivity contribution in [2.45, 2.75) is 26.8 Å². The first-order valence-corrected chi connectivity index (χ1v) is 8.73. The van der Waals surface area contributed by atoms with E-state index in [1.165, 1.54) is 13.3 Å². The van der Waals surface area contributed by atoms with Crippen LogP contribution < -0.4 is 4.74 Å². The van der Waals surface area contributed by atoms with E-state index in [-0.39, 0.29) is 16.8 Å².